The lowest BCUT2D eigenvalue weighted by atomic mass is 9.96. The lowest BCUT2D eigenvalue weighted by Gasteiger charge is -2.30. The van der Waals surface area contributed by atoms with Crippen molar-refractivity contribution < 1.29 is 4.74 Å². The van der Waals surface area contributed by atoms with Gasteiger partial charge in [0, 0.05) is 40.9 Å². The average Bonchev–Trinajstić information content (AvgIpc) is 3.48. The van der Waals surface area contributed by atoms with Crippen molar-refractivity contribution in [2.24, 2.45) is 0 Å². The van der Waals surface area contributed by atoms with Gasteiger partial charge in [0.25, 0.3) is 0 Å². The van der Waals surface area contributed by atoms with Crippen LogP contribution in [0.3, 0.4) is 0 Å². The van der Waals surface area contributed by atoms with Gasteiger partial charge in [0.1, 0.15) is 0 Å². The molecule has 0 amide bonds. The van der Waals surface area contributed by atoms with Gasteiger partial charge in [-0.25, -0.2) is 0 Å². The van der Waals surface area contributed by atoms with E-state index < -0.39 is 0 Å². The molecule has 5 nitrogen and oxygen atoms in total. The van der Waals surface area contributed by atoms with Crippen molar-refractivity contribution in [2.45, 2.75) is 44.9 Å². The molecule has 32 heavy (non-hydrogen) atoms. The van der Waals surface area contributed by atoms with Crippen LogP contribution in [-0.2, 0) is 4.74 Å². The fourth-order valence-electron chi connectivity index (χ4n) is 5.05. The number of hydrogen-bond acceptors (Lipinski definition) is 3. The molecule has 2 fully saturated rings. The normalized spacial score (nSPS) is 23.0. The molecule has 1 N–H and O–H groups in total. The zero-order valence-corrected chi connectivity index (χ0v) is 20.7. The highest BCUT2D eigenvalue weighted by molar-refractivity contribution is 9.10. The van der Waals surface area contributed by atoms with Gasteiger partial charge in [-0.15, -0.1) is 0 Å². The standard InChI is InChI=1S/C25H27BrN4OS/c1-16-13-21(17(2)30(16)19-8-5-7-18(26)14-19)24-23(22-10-3-4-11-27-22)28-25(32)29(24)15-20-9-6-12-31-20/h3-5,7-8,10-11,13-14,20,23-24H,6,9,12,15H2,1-2H3,(H,28,32)/t20-,23+,24+/m0/s1. The molecule has 2 aliphatic rings. The molecule has 0 unspecified atom stereocenters. The zero-order valence-electron chi connectivity index (χ0n) is 18.3. The van der Waals surface area contributed by atoms with Crippen LogP contribution in [0.15, 0.2) is 59.2 Å². The number of thiocarbonyl (C=S) groups is 1. The number of benzene rings is 1. The van der Waals surface area contributed by atoms with Gasteiger partial charge >= 0.3 is 0 Å². The van der Waals surface area contributed by atoms with E-state index in [1.807, 2.05) is 18.3 Å². The number of rotatable bonds is 5. The van der Waals surface area contributed by atoms with E-state index in [2.05, 4.69) is 85.9 Å². The summed E-state index contributed by atoms with van der Waals surface area (Å²) in [5.74, 6) is 0. The topological polar surface area (TPSA) is 42.3 Å². The molecule has 3 aromatic rings. The summed E-state index contributed by atoms with van der Waals surface area (Å²) >= 11 is 9.46. The number of aromatic nitrogens is 2. The molecule has 166 valence electrons. The largest absolute Gasteiger partial charge is 0.376 e. The Morgan fingerprint density at radius 1 is 1.19 bits per heavy atom. The maximum Gasteiger partial charge on any atom is 0.170 e. The van der Waals surface area contributed by atoms with Gasteiger partial charge in [-0.3, -0.25) is 4.98 Å². The number of ether oxygens (including phenoxy) is 1. The molecule has 0 bridgehead atoms. The first-order chi connectivity index (χ1) is 15.5. The first-order valence-corrected chi connectivity index (χ1v) is 12.3. The van der Waals surface area contributed by atoms with Crippen LogP contribution in [0.4, 0.5) is 0 Å². The van der Waals surface area contributed by atoms with Gasteiger partial charge in [0.05, 0.1) is 23.9 Å². The van der Waals surface area contributed by atoms with E-state index in [9.17, 15) is 0 Å². The Balaban J connectivity index is 1.59. The van der Waals surface area contributed by atoms with E-state index in [0.29, 0.717) is 0 Å². The third-order valence-electron chi connectivity index (χ3n) is 6.48. The molecule has 2 aromatic heterocycles. The minimum absolute atomic E-state index is 0.0124. The van der Waals surface area contributed by atoms with Crippen LogP contribution >= 0.6 is 28.1 Å². The first-order valence-electron chi connectivity index (χ1n) is 11.1. The molecule has 5 rings (SSSR count). The summed E-state index contributed by atoms with van der Waals surface area (Å²) in [6.07, 6.45) is 4.26. The highest BCUT2D eigenvalue weighted by Gasteiger charge is 2.42. The van der Waals surface area contributed by atoms with Gasteiger partial charge in [-0.1, -0.05) is 28.1 Å². The molecular weight excluding hydrogens is 484 g/mol. The summed E-state index contributed by atoms with van der Waals surface area (Å²) in [5, 5.41) is 4.34. The zero-order chi connectivity index (χ0) is 22.2. The van der Waals surface area contributed by atoms with Crippen molar-refractivity contribution in [1.82, 2.24) is 19.8 Å². The predicted octanol–water partition coefficient (Wildman–Crippen LogP) is 5.40. The monoisotopic (exact) mass is 510 g/mol. The second kappa shape index (κ2) is 8.96. The number of hydrogen-bond donors (Lipinski definition) is 1. The third-order valence-corrected chi connectivity index (χ3v) is 7.32. The number of pyridine rings is 1. The first kappa shape index (κ1) is 21.6. The van der Waals surface area contributed by atoms with Crippen LogP contribution in [0.2, 0.25) is 0 Å². The minimum Gasteiger partial charge on any atom is -0.376 e. The fourth-order valence-corrected chi connectivity index (χ4v) is 5.75. The smallest absolute Gasteiger partial charge is 0.170 e. The Morgan fingerprint density at radius 2 is 2.06 bits per heavy atom. The highest BCUT2D eigenvalue weighted by Crippen LogP contribution is 2.42. The summed E-state index contributed by atoms with van der Waals surface area (Å²) in [4.78, 5) is 6.99. The van der Waals surface area contributed by atoms with Crippen LogP contribution in [0, 0.1) is 13.8 Å². The lowest BCUT2D eigenvalue weighted by Crippen LogP contribution is -2.36. The predicted molar refractivity (Wildman–Crippen MR) is 134 cm³/mol. The van der Waals surface area contributed by atoms with E-state index in [1.54, 1.807) is 0 Å². The van der Waals surface area contributed by atoms with Gasteiger partial charge < -0.3 is 19.5 Å². The summed E-state index contributed by atoms with van der Waals surface area (Å²) < 4.78 is 9.36. The van der Waals surface area contributed by atoms with Crippen molar-refractivity contribution in [3.8, 4) is 5.69 Å². The van der Waals surface area contributed by atoms with Crippen molar-refractivity contribution in [2.75, 3.05) is 13.2 Å². The van der Waals surface area contributed by atoms with Crippen LogP contribution in [-0.4, -0.2) is 38.8 Å². The fraction of sp³-hybridized carbons (Fsp3) is 0.360. The molecule has 0 aliphatic carbocycles. The molecule has 4 heterocycles. The summed E-state index contributed by atoms with van der Waals surface area (Å²) in [5.41, 5.74) is 5.83. The van der Waals surface area contributed by atoms with Crippen LogP contribution in [0.1, 0.15) is 47.6 Å². The van der Waals surface area contributed by atoms with Crippen molar-refractivity contribution in [3.63, 3.8) is 0 Å². The van der Waals surface area contributed by atoms with Crippen LogP contribution < -0.4 is 5.32 Å². The highest BCUT2D eigenvalue weighted by atomic mass is 79.9. The number of halogens is 1. The lowest BCUT2D eigenvalue weighted by molar-refractivity contribution is 0.0842. The summed E-state index contributed by atoms with van der Waals surface area (Å²) in [6, 6.07) is 16.8. The summed E-state index contributed by atoms with van der Waals surface area (Å²) in [6.45, 7) is 5.99. The van der Waals surface area contributed by atoms with Crippen LogP contribution in [0.5, 0.6) is 0 Å². The number of nitrogens with one attached hydrogen (secondary N) is 1. The van der Waals surface area contributed by atoms with Gasteiger partial charge in [0.2, 0.25) is 0 Å². The molecular formula is C25H27BrN4OS. The molecule has 7 heteroatoms. The molecule has 1 aromatic carbocycles. The molecule has 0 radical (unpaired) electrons. The third kappa shape index (κ3) is 3.98. The average molecular weight is 511 g/mol. The maximum atomic E-state index is 5.97. The second-order valence-electron chi connectivity index (χ2n) is 8.56. The van der Waals surface area contributed by atoms with E-state index in [1.165, 1.54) is 17.0 Å². The molecule has 2 aliphatic heterocycles. The molecule has 2 saturated heterocycles. The summed E-state index contributed by atoms with van der Waals surface area (Å²) in [7, 11) is 0. The Labute approximate surface area is 202 Å². The second-order valence-corrected chi connectivity index (χ2v) is 9.86. The van der Waals surface area contributed by atoms with E-state index in [-0.39, 0.29) is 18.2 Å². The quantitative estimate of drug-likeness (QED) is 0.465. The van der Waals surface area contributed by atoms with Crippen LogP contribution in [0.25, 0.3) is 5.69 Å². The Bertz CT molecular complexity index is 1130. The molecule has 0 saturated carbocycles. The van der Waals surface area contributed by atoms with E-state index in [0.717, 1.165) is 47.0 Å². The van der Waals surface area contributed by atoms with Crippen molar-refractivity contribution >= 4 is 33.3 Å². The Morgan fingerprint density at radius 3 is 2.78 bits per heavy atom. The Kier molecular flexibility index (Phi) is 6.05. The maximum absolute atomic E-state index is 5.97. The van der Waals surface area contributed by atoms with Crippen molar-refractivity contribution in [1.29, 1.82) is 0 Å². The van der Waals surface area contributed by atoms with Gasteiger partial charge in [0.15, 0.2) is 5.11 Å². The molecule has 0 spiro atoms. The SMILES string of the molecule is Cc1cc([C@@H]2[C@@H](c3ccccn3)NC(=S)N2C[C@@H]2CCCO2)c(C)n1-c1cccc(Br)c1. The number of aryl methyl sites for hydroxylation is 1. The Hall–Kier alpha value is -2.22. The number of nitrogens with zero attached hydrogens (tertiary/aromatic N) is 3. The van der Waals surface area contributed by atoms with Gasteiger partial charge in [-0.05, 0) is 80.9 Å². The molecule has 3 atom stereocenters. The van der Waals surface area contributed by atoms with Gasteiger partial charge in [-0.2, -0.15) is 0 Å². The van der Waals surface area contributed by atoms with Crippen molar-refractivity contribution in [3.05, 3.63) is 81.8 Å². The van der Waals surface area contributed by atoms with E-state index in [4.69, 9.17) is 17.0 Å². The van der Waals surface area contributed by atoms with E-state index >= 15 is 0 Å². The minimum atomic E-state index is -0.0124.